The molecule has 0 spiro atoms. The maximum atomic E-state index is 12.7. The molecule has 2 fully saturated rings. The van der Waals surface area contributed by atoms with Crippen LogP contribution in [-0.2, 0) is 15.8 Å². The van der Waals surface area contributed by atoms with E-state index >= 15 is 0 Å². The van der Waals surface area contributed by atoms with Crippen LogP contribution in [0.1, 0.15) is 41.3 Å². The quantitative estimate of drug-likeness (QED) is 0.705. The zero-order valence-electron chi connectivity index (χ0n) is 14.0. The fourth-order valence-electron chi connectivity index (χ4n) is 3.98. The number of carbonyl (C=O) groups excluding carboxylic acids is 2. The average Bonchev–Trinajstić information content (AvgIpc) is 3.19. The second kappa shape index (κ2) is 6.01. The summed E-state index contributed by atoms with van der Waals surface area (Å²) in [6, 6.07) is 4.78. The van der Waals surface area contributed by atoms with E-state index in [-0.39, 0.29) is 23.4 Å². The van der Waals surface area contributed by atoms with Crippen molar-refractivity contribution in [1.29, 1.82) is 0 Å². The van der Waals surface area contributed by atoms with Crippen molar-refractivity contribution in [2.45, 2.75) is 38.3 Å². The smallest absolute Gasteiger partial charge is 0.298 e. The lowest BCUT2D eigenvalue weighted by atomic mass is 9.77. The minimum absolute atomic E-state index is 0.0453. The van der Waals surface area contributed by atoms with Crippen molar-refractivity contribution in [3.63, 3.8) is 0 Å². The van der Waals surface area contributed by atoms with Crippen LogP contribution in [0.15, 0.2) is 24.3 Å². The maximum absolute atomic E-state index is 12.7. The van der Waals surface area contributed by atoms with Gasteiger partial charge in [-0.2, -0.15) is 13.2 Å². The number of ketones is 2. The first-order valence-electron chi connectivity index (χ1n) is 8.48. The molecule has 2 aromatic rings. The molecule has 2 saturated carbocycles. The van der Waals surface area contributed by atoms with Gasteiger partial charge in [-0.25, -0.2) is 4.98 Å². The van der Waals surface area contributed by atoms with Gasteiger partial charge >= 0.3 is 6.18 Å². The maximum Gasteiger partial charge on any atom is 0.416 e. The number of fused-ring (bicyclic) bond motifs is 2. The van der Waals surface area contributed by atoms with Crippen molar-refractivity contribution in [2.75, 3.05) is 0 Å². The van der Waals surface area contributed by atoms with Crippen LogP contribution in [0.2, 0.25) is 0 Å². The Labute approximate surface area is 152 Å². The van der Waals surface area contributed by atoms with Gasteiger partial charge < -0.3 is 0 Å². The van der Waals surface area contributed by atoms with Crippen molar-refractivity contribution < 1.29 is 22.8 Å². The molecule has 2 aliphatic carbocycles. The summed E-state index contributed by atoms with van der Waals surface area (Å²) in [4.78, 5) is 30.6. The Morgan fingerprint density at radius 1 is 1.04 bits per heavy atom. The predicted octanol–water partition coefficient (Wildman–Crippen LogP) is 4.79. The SMILES string of the molecule is Cc1sc(-c2ccc(C(F)(F)F)cc2)nc1C1C(=O)[C@H]2CC[C@@H](C2)C1=O. The summed E-state index contributed by atoms with van der Waals surface area (Å²) in [6.45, 7) is 1.80. The molecule has 1 aromatic carbocycles. The number of rotatable bonds is 2. The highest BCUT2D eigenvalue weighted by atomic mass is 32.1. The standard InChI is InChI=1S/C19H16F3NO2S/c1-9-15(14-16(24)11-2-3-12(8-11)17(14)25)23-18(26-9)10-4-6-13(7-5-10)19(20,21)22/h4-7,11-12,14H,2-3,8H2,1H3/t11-,12-/m0/s1. The van der Waals surface area contributed by atoms with E-state index in [2.05, 4.69) is 4.98 Å². The first-order chi connectivity index (χ1) is 12.3. The van der Waals surface area contributed by atoms with Gasteiger partial charge in [0.15, 0.2) is 11.6 Å². The largest absolute Gasteiger partial charge is 0.416 e. The van der Waals surface area contributed by atoms with Crippen molar-refractivity contribution in [2.24, 2.45) is 11.8 Å². The number of aromatic nitrogens is 1. The number of hydrogen-bond donors (Lipinski definition) is 0. The molecular weight excluding hydrogens is 363 g/mol. The molecule has 7 heteroatoms. The molecule has 0 N–H and O–H groups in total. The second-order valence-corrected chi connectivity index (χ2v) is 8.18. The lowest BCUT2D eigenvalue weighted by Crippen LogP contribution is -2.35. The van der Waals surface area contributed by atoms with Gasteiger partial charge in [-0.3, -0.25) is 9.59 Å². The van der Waals surface area contributed by atoms with Crippen LogP contribution in [0.25, 0.3) is 10.6 Å². The number of benzene rings is 1. The lowest BCUT2D eigenvalue weighted by Gasteiger charge is -2.24. The van der Waals surface area contributed by atoms with E-state index in [1.807, 2.05) is 0 Å². The van der Waals surface area contributed by atoms with E-state index in [0.29, 0.717) is 22.7 Å². The molecule has 1 aromatic heterocycles. The number of carbonyl (C=O) groups is 2. The van der Waals surface area contributed by atoms with Gasteiger partial charge in [0.2, 0.25) is 0 Å². The molecular formula is C19H16F3NO2S. The van der Waals surface area contributed by atoms with Crippen LogP contribution >= 0.6 is 11.3 Å². The minimum atomic E-state index is -4.39. The topological polar surface area (TPSA) is 47.0 Å². The Morgan fingerprint density at radius 3 is 2.15 bits per heavy atom. The fourth-order valence-corrected chi connectivity index (χ4v) is 4.94. The Bertz CT molecular complexity index is 863. The van der Waals surface area contributed by atoms with Gasteiger partial charge in [0, 0.05) is 22.3 Å². The van der Waals surface area contributed by atoms with Gasteiger partial charge in [0.1, 0.15) is 10.9 Å². The zero-order valence-corrected chi connectivity index (χ0v) is 14.8. The number of hydrogen-bond acceptors (Lipinski definition) is 4. The number of alkyl halides is 3. The number of halogens is 3. The molecule has 1 heterocycles. The van der Waals surface area contributed by atoms with Gasteiger partial charge in [-0.05, 0) is 38.3 Å². The van der Waals surface area contributed by atoms with Crippen LogP contribution in [0.3, 0.4) is 0 Å². The minimum Gasteiger partial charge on any atom is -0.298 e. The summed E-state index contributed by atoms with van der Waals surface area (Å²) in [5, 5.41) is 0.532. The van der Waals surface area contributed by atoms with E-state index in [9.17, 15) is 22.8 Å². The monoisotopic (exact) mass is 379 g/mol. The van der Waals surface area contributed by atoms with Crippen LogP contribution in [0.5, 0.6) is 0 Å². The van der Waals surface area contributed by atoms with E-state index in [1.165, 1.54) is 23.5 Å². The summed E-state index contributed by atoms with van der Waals surface area (Å²) in [6.07, 6.45) is -2.20. The van der Waals surface area contributed by atoms with Crippen LogP contribution in [0.4, 0.5) is 13.2 Å². The molecule has 0 saturated heterocycles. The Morgan fingerprint density at radius 2 is 1.62 bits per heavy atom. The molecule has 0 amide bonds. The number of nitrogens with zero attached hydrogens (tertiary/aromatic N) is 1. The van der Waals surface area contributed by atoms with E-state index in [4.69, 9.17) is 0 Å². The lowest BCUT2D eigenvalue weighted by molar-refractivity contribution is -0.138. The molecule has 0 unspecified atom stereocenters. The highest BCUT2D eigenvalue weighted by Gasteiger charge is 2.48. The van der Waals surface area contributed by atoms with Gasteiger partial charge in [-0.1, -0.05) is 12.1 Å². The number of aryl methyl sites for hydroxylation is 1. The van der Waals surface area contributed by atoms with Crippen LogP contribution in [0, 0.1) is 18.8 Å². The average molecular weight is 379 g/mol. The Kier molecular flexibility index (Phi) is 4.02. The summed E-state index contributed by atoms with van der Waals surface area (Å²) in [7, 11) is 0. The molecule has 26 heavy (non-hydrogen) atoms. The molecule has 2 bridgehead atoms. The molecule has 136 valence electrons. The predicted molar refractivity (Wildman–Crippen MR) is 90.9 cm³/mol. The highest BCUT2D eigenvalue weighted by Crippen LogP contribution is 2.45. The number of Topliss-reactive ketones (excluding diaryl/α,β-unsaturated/α-hetero) is 2. The molecule has 3 nitrogen and oxygen atoms in total. The highest BCUT2D eigenvalue weighted by molar-refractivity contribution is 7.15. The van der Waals surface area contributed by atoms with Crippen molar-refractivity contribution >= 4 is 22.9 Å². The van der Waals surface area contributed by atoms with Crippen LogP contribution in [-0.4, -0.2) is 16.6 Å². The summed E-state index contributed by atoms with van der Waals surface area (Å²) < 4.78 is 38.1. The molecule has 2 aliphatic rings. The molecule has 0 aliphatic heterocycles. The van der Waals surface area contributed by atoms with Crippen molar-refractivity contribution in [1.82, 2.24) is 4.98 Å². The van der Waals surface area contributed by atoms with E-state index in [0.717, 1.165) is 29.9 Å². The fraction of sp³-hybridized carbons (Fsp3) is 0.421. The molecule has 0 radical (unpaired) electrons. The van der Waals surface area contributed by atoms with Crippen LogP contribution < -0.4 is 0 Å². The molecule has 4 rings (SSSR count). The number of thiazole rings is 1. The normalized spacial score (nSPS) is 25.8. The Hall–Kier alpha value is -2.02. The van der Waals surface area contributed by atoms with Crippen molar-refractivity contribution in [3.05, 3.63) is 40.4 Å². The first kappa shape index (κ1) is 17.4. The third-order valence-corrected chi connectivity index (χ3v) is 6.41. The summed E-state index contributed by atoms with van der Waals surface area (Å²) in [5.74, 6) is -1.01. The third kappa shape index (κ3) is 2.78. The van der Waals surface area contributed by atoms with Gasteiger partial charge in [0.25, 0.3) is 0 Å². The summed E-state index contributed by atoms with van der Waals surface area (Å²) >= 11 is 1.30. The van der Waals surface area contributed by atoms with E-state index < -0.39 is 17.7 Å². The van der Waals surface area contributed by atoms with E-state index in [1.54, 1.807) is 6.92 Å². The second-order valence-electron chi connectivity index (χ2n) is 6.98. The first-order valence-corrected chi connectivity index (χ1v) is 9.29. The third-order valence-electron chi connectivity index (χ3n) is 5.37. The van der Waals surface area contributed by atoms with Crippen molar-refractivity contribution in [3.8, 4) is 10.6 Å². The van der Waals surface area contributed by atoms with Gasteiger partial charge in [0.05, 0.1) is 11.3 Å². The Balaban J connectivity index is 1.68. The molecule has 2 atom stereocenters. The zero-order chi connectivity index (χ0) is 18.6. The van der Waals surface area contributed by atoms with Gasteiger partial charge in [-0.15, -0.1) is 11.3 Å². The summed E-state index contributed by atoms with van der Waals surface area (Å²) in [5.41, 5.74) is 0.316.